The predicted octanol–water partition coefficient (Wildman–Crippen LogP) is 3.53. The summed E-state index contributed by atoms with van der Waals surface area (Å²) < 4.78 is 2.65. The fraction of sp³-hybridized carbons (Fsp3) is 0.462. The van der Waals surface area contributed by atoms with E-state index in [9.17, 15) is 4.79 Å². The summed E-state index contributed by atoms with van der Waals surface area (Å²) in [6, 6.07) is 4.14. The lowest BCUT2D eigenvalue weighted by atomic mass is 9.93. The summed E-state index contributed by atoms with van der Waals surface area (Å²) >= 11 is 3.49. The van der Waals surface area contributed by atoms with Crippen molar-refractivity contribution in [2.24, 2.45) is 7.05 Å². The van der Waals surface area contributed by atoms with Gasteiger partial charge in [-0.2, -0.15) is 0 Å². The van der Waals surface area contributed by atoms with E-state index in [1.54, 1.807) is 4.57 Å². The van der Waals surface area contributed by atoms with Crippen LogP contribution in [0.3, 0.4) is 0 Å². The van der Waals surface area contributed by atoms with Crippen molar-refractivity contribution in [3.8, 4) is 0 Å². The molecule has 1 aromatic heterocycles. The van der Waals surface area contributed by atoms with Crippen molar-refractivity contribution in [3.63, 3.8) is 0 Å². The zero-order valence-electron chi connectivity index (χ0n) is 10.4. The molecule has 1 aromatic carbocycles. The summed E-state index contributed by atoms with van der Waals surface area (Å²) in [6.45, 7) is 4.37. The van der Waals surface area contributed by atoms with E-state index in [1.807, 2.05) is 13.1 Å². The first-order valence-corrected chi connectivity index (χ1v) is 6.76. The Bertz CT molecular complexity index is 593. The van der Waals surface area contributed by atoms with Crippen LogP contribution in [0.1, 0.15) is 38.2 Å². The Labute approximate surface area is 109 Å². The molecule has 0 atom stereocenters. The van der Waals surface area contributed by atoms with Crippen molar-refractivity contribution in [2.75, 3.05) is 0 Å². The Kier molecular flexibility index (Phi) is 3.43. The first-order chi connectivity index (χ1) is 8.10. The number of aryl methyl sites for hydroxylation is 1. The minimum Gasteiger partial charge on any atom is -0.305 e. The molecule has 0 unspecified atom stereocenters. The van der Waals surface area contributed by atoms with Crippen LogP contribution < -0.4 is 5.69 Å². The first-order valence-electron chi connectivity index (χ1n) is 5.97. The summed E-state index contributed by atoms with van der Waals surface area (Å²) in [7, 11) is 1.82. The quantitative estimate of drug-likeness (QED) is 0.924. The molecule has 0 saturated heterocycles. The molecule has 0 aliphatic rings. The topological polar surface area (TPSA) is 37.8 Å². The number of aromatic nitrogens is 2. The fourth-order valence-corrected chi connectivity index (χ4v) is 2.83. The average Bonchev–Trinajstić information content (AvgIpc) is 2.62. The summed E-state index contributed by atoms with van der Waals surface area (Å²) in [5.41, 5.74) is 3.13. The molecule has 4 heteroatoms. The second-order valence-electron chi connectivity index (χ2n) is 4.36. The highest BCUT2D eigenvalue weighted by atomic mass is 79.9. The number of hydrogen-bond donors (Lipinski definition) is 1. The van der Waals surface area contributed by atoms with Crippen LogP contribution in [0.2, 0.25) is 0 Å². The molecule has 0 amide bonds. The van der Waals surface area contributed by atoms with Crippen molar-refractivity contribution >= 4 is 27.0 Å². The molecular formula is C13H17BrN2O. The molecule has 0 aliphatic carbocycles. The van der Waals surface area contributed by atoms with Gasteiger partial charge in [0, 0.05) is 11.5 Å². The number of fused-ring (bicyclic) bond motifs is 1. The number of benzene rings is 1. The van der Waals surface area contributed by atoms with Gasteiger partial charge in [0.15, 0.2) is 0 Å². The second kappa shape index (κ2) is 4.69. The number of imidazole rings is 1. The lowest BCUT2D eigenvalue weighted by molar-refractivity contribution is 0.643. The van der Waals surface area contributed by atoms with Gasteiger partial charge in [-0.3, -0.25) is 4.57 Å². The smallest absolute Gasteiger partial charge is 0.305 e. The molecule has 1 heterocycles. The van der Waals surface area contributed by atoms with E-state index in [0.717, 1.165) is 28.3 Å². The van der Waals surface area contributed by atoms with Crippen molar-refractivity contribution < 1.29 is 0 Å². The molecule has 0 saturated carbocycles. The lowest BCUT2D eigenvalue weighted by Crippen LogP contribution is -2.13. The maximum absolute atomic E-state index is 11.7. The summed E-state index contributed by atoms with van der Waals surface area (Å²) in [5, 5.41) is 0. The van der Waals surface area contributed by atoms with Crippen LogP contribution in [0.4, 0.5) is 0 Å². The predicted molar refractivity (Wildman–Crippen MR) is 74.6 cm³/mol. The molecule has 3 nitrogen and oxygen atoms in total. The fourth-order valence-electron chi connectivity index (χ4n) is 2.41. The number of H-pyrrole nitrogens is 1. The minimum atomic E-state index is -0.0564. The van der Waals surface area contributed by atoms with Crippen LogP contribution >= 0.6 is 15.9 Å². The molecule has 92 valence electrons. The third kappa shape index (κ3) is 1.95. The Morgan fingerprint density at radius 2 is 2.00 bits per heavy atom. The molecule has 0 spiro atoms. The van der Waals surface area contributed by atoms with E-state index >= 15 is 0 Å². The van der Waals surface area contributed by atoms with Crippen LogP contribution in [0.5, 0.6) is 0 Å². The molecule has 2 rings (SSSR count). The molecule has 1 N–H and O–H groups in total. The Morgan fingerprint density at radius 3 is 2.59 bits per heavy atom. The number of aromatic amines is 1. The number of hydrogen-bond acceptors (Lipinski definition) is 1. The van der Waals surface area contributed by atoms with E-state index in [0.29, 0.717) is 5.92 Å². The van der Waals surface area contributed by atoms with Gasteiger partial charge in [-0.15, -0.1) is 0 Å². The number of halogens is 1. The molecule has 17 heavy (non-hydrogen) atoms. The summed E-state index contributed by atoms with van der Waals surface area (Å²) in [4.78, 5) is 14.6. The van der Waals surface area contributed by atoms with Gasteiger partial charge in [0.05, 0.1) is 11.0 Å². The van der Waals surface area contributed by atoms with Gasteiger partial charge < -0.3 is 4.98 Å². The van der Waals surface area contributed by atoms with Crippen molar-refractivity contribution in [1.29, 1.82) is 0 Å². The SMILES string of the molecule is CCC(CC)c1ccc(Br)c2[nH]c(=O)n(C)c12. The number of nitrogens with one attached hydrogen (secondary N) is 1. The standard InChI is InChI=1S/C13H17BrN2O/c1-4-8(5-2)9-6-7-10(14)11-12(9)16(3)13(17)15-11/h6-8H,4-5H2,1-3H3,(H,15,17). The molecule has 0 fully saturated rings. The van der Waals surface area contributed by atoms with E-state index < -0.39 is 0 Å². The van der Waals surface area contributed by atoms with Gasteiger partial charge in [0.2, 0.25) is 0 Å². The highest BCUT2D eigenvalue weighted by Gasteiger charge is 2.16. The van der Waals surface area contributed by atoms with Crippen molar-refractivity contribution in [3.05, 3.63) is 32.7 Å². The lowest BCUT2D eigenvalue weighted by Gasteiger charge is -2.15. The van der Waals surface area contributed by atoms with Crippen LogP contribution in [-0.4, -0.2) is 9.55 Å². The normalized spacial score (nSPS) is 11.6. The third-order valence-corrected chi connectivity index (χ3v) is 4.12. The van der Waals surface area contributed by atoms with E-state index in [4.69, 9.17) is 0 Å². The highest BCUT2D eigenvalue weighted by Crippen LogP contribution is 2.32. The van der Waals surface area contributed by atoms with Gasteiger partial charge >= 0.3 is 5.69 Å². The minimum absolute atomic E-state index is 0.0564. The zero-order valence-corrected chi connectivity index (χ0v) is 12.0. The van der Waals surface area contributed by atoms with Gasteiger partial charge in [-0.1, -0.05) is 19.9 Å². The molecule has 0 bridgehead atoms. The maximum atomic E-state index is 11.7. The molecule has 0 radical (unpaired) electrons. The Balaban J connectivity index is 2.81. The van der Waals surface area contributed by atoms with Crippen molar-refractivity contribution in [2.45, 2.75) is 32.6 Å². The van der Waals surface area contributed by atoms with Crippen LogP contribution in [0.15, 0.2) is 21.4 Å². The van der Waals surface area contributed by atoms with E-state index in [2.05, 4.69) is 40.8 Å². The average molecular weight is 297 g/mol. The molecule has 2 aromatic rings. The van der Waals surface area contributed by atoms with Crippen LogP contribution in [0.25, 0.3) is 11.0 Å². The van der Waals surface area contributed by atoms with E-state index in [-0.39, 0.29) is 5.69 Å². The van der Waals surface area contributed by atoms with Gasteiger partial charge in [-0.05, 0) is 46.3 Å². The largest absolute Gasteiger partial charge is 0.326 e. The molecular weight excluding hydrogens is 280 g/mol. The van der Waals surface area contributed by atoms with Gasteiger partial charge in [0.1, 0.15) is 0 Å². The van der Waals surface area contributed by atoms with E-state index in [1.165, 1.54) is 5.56 Å². The highest BCUT2D eigenvalue weighted by molar-refractivity contribution is 9.10. The first kappa shape index (κ1) is 12.4. The Hall–Kier alpha value is -1.03. The third-order valence-electron chi connectivity index (χ3n) is 3.46. The summed E-state index contributed by atoms with van der Waals surface area (Å²) in [5.74, 6) is 0.506. The van der Waals surface area contributed by atoms with Crippen molar-refractivity contribution in [1.82, 2.24) is 9.55 Å². The van der Waals surface area contributed by atoms with Gasteiger partial charge in [-0.25, -0.2) is 4.79 Å². The zero-order chi connectivity index (χ0) is 12.6. The Morgan fingerprint density at radius 1 is 1.35 bits per heavy atom. The maximum Gasteiger partial charge on any atom is 0.326 e. The summed E-state index contributed by atoms with van der Waals surface area (Å²) in [6.07, 6.45) is 2.18. The second-order valence-corrected chi connectivity index (χ2v) is 5.22. The number of nitrogens with zero attached hydrogens (tertiary/aromatic N) is 1. The van der Waals surface area contributed by atoms with Crippen LogP contribution in [-0.2, 0) is 7.05 Å². The van der Waals surface area contributed by atoms with Crippen LogP contribution in [0, 0.1) is 0 Å². The monoisotopic (exact) mass is 296 g/mol. The van der Waals surface area contributed by atoms with Gasteiger partial charge in [0.25, 0.3) is 0 Å². The number of rotatable bonds is 3. The molecule has 0 aliphatic heterocycles.